The summed E-state index contributed by atoms with van der Waals surface area (Å²) in [5, 5.41) is 25.4. The van der Waals surface area contributed by atoms with Gasteiger partial charge in [0.05, 0.1) is 5.41 Å². The summed E-state index contributed by atoms with van der Waals surface area (Å²) in [5.74, 6) is -3.24. The van der Waals surface area contributed by atoms with Crippen LogP contribution in [0.3, 0.4) is 0 Å². The Morgan fingerprint density at radius 2 is 1.03 bits per heavy atom. The number of rotatable bonds is 6. The normalized spacial score (nSPS) is 31.5. The van der Waals surface area contributed by atoms with Crippen LogP contribution in [-0.2, 0) is 28.5 Å². The molecular weight excluding hydrogens is 448 g/mol. The molecule has 4 aliphatic carbocycles. The first-order valence-electron chi connectivity index (χ1n) is 11.6. The summed E-state index contributed by atoms with van der Waals surface area (Å²) in [7, 11) is 0. The van der Waals surface area contributed by atoms with Crippen LogP contribution < -0.4 is 10.2 Å². The van der Waals surface area contributed by atoms with Crippen molar-refractivity contribution < 1.29 is 48.3 Å². The smallest absolute Gasteiger partial charge is 0.508 e. The molecule has 4 fully saturated rings. The monoisotopic (exact) mass is 482 g/mol. The lowest BCUT2D eigenvalue weighted by atomic mass is 9.33. The maximum Gasteiger partial charge on any atom is 0.508 e. The highest BCUT2D eigenvalue weighted by Gasteiger charge is 2.74. The van der Waals surface area contributed by atoms with Gasteiger partial charge in [-0.15, -0.1) is 0 Å². The molecule has 0 aromatic rings. The van der Waals surface area contributed by atoms with Crippen molar-refractivity contribution >= 4 is 24.2 Å². The van der Waals surface area contributed by atoms with E-state index in [1.165, 1.54) is 0 Å². The molecule has 4 aliphatic rings. The molecular formula is C24H34O10-2. The maximum atomic E-state index is 12.7. The molecule has 0 aromatic carbocycles. The molecule has 34 heavy (non-hydrogen) atoms. The number of carboxylic acid groups (broad SMARTS) is 2. The summed E-state index contributed by atoms with van der Waals surface area (Å²) in [4.78, 5) is 50.2. The van der Waals surface area contributed by atoms with Crippen LogP contribution in [0.5, 0.6) is 0 Å². The van der Waals surface area contributed by atoms with Gasteiger partial charge >= 0.3 is 12.3 Å². The molecule has 0 amide bonds. The first-order valence-corrected chi connectivity index (χ1v) is 11.6. The Kier molecular flexibility index (Phi) is 6.37. The van der Waals surface area contributed by atoms with E-state index in [0.29, 0.717) is 6.42 Å². The van der Waals surface area contributed by atoms with Crippen LogP contribution in [0.25, 0.3) is 0 Å². The summed E-state index contributed by atoms with van der Waals surface area (Å²) in [6.07, 6.45) is -0.918. The molecule has 4 bridgehead atoms. The highest BCUT2D eigenvalue weighted by Crippen LogP contribution is 2.73. The predicted octanol–water partition coefficient (Wildman–Crippen LogP) is 1.57. The van der Waals surface area contributed by atoms with E-state index in [0.717, 1.165) is 0 Å². The van der Waals surface area contributed by atoms with Crippen molar-refractivity contribution in [2.75, 3.05) is 13.2 Å². The van der Waals surface area contributed by atoms with E-state index in [1.807, 2.05) is 0 Å². The number of hydrogen-bond acceptors (Lipinski definition) is 10. The third-order valence-corrected chi connectivity index (χ3v) is 7.48. The Morgan fingerprint density at radius 3 is 1.29 bits per heavy atom. The van der Waals surface area contributed by atoms with E-state index in [-0.39, 0.29) is 37.5 Å². The zero-order chi connectivity index (χ0) is 25.7. The van der Waals surface area contributed by atoms with Crippen molar-refractivity contribution in [2.45, 2.75) is 84.8 Å². The standard InChI is InChI=1S/C24H36O10/c1-20(2,3)33-18(29)31-12-24(13-32-19(30)34-21(4,5)6)22(16(25)26)8-14-7-15(10-22)11-23(24,9-14)17(27)28/h14-15H,7-13H2,1-6H3,(H,25,26)(H,27,28)/p-2. The molecule has 0 unspecified atom stereocenters. The number of hydrogen-bond donors (Lipinski definition) is 0. The summed E-state index contributed by atoms with van der Waals surface area (Å²) >= 11 is 0. The van der Waals surface area contributed by atoms with Gasteiger partial charge in [0, 0.05) is 22.8 Å². The van der Waals surface area contributed by atoms with Gasteiger partial charge in [-0.3, -0.25) is 0 Å². The molecule has 4 saturated carbocycles. The van der Waals surface area contributed by atoms with Crippen molar-refractivity contribution in [3.63, 3.8) is 0 Å². The van der Waals surface area contributed by atoms with E-state index in [9.17, 15) is 29.4 Å². The van der Waals surface area contributed by atoms with Gasteiger partial charge in [-0.2, -0.15) is 0 Å². The fraction of sp³-hybridized carbons (Fsp3) is 0.833. The summed E-state index contributed by atoms with van der Waals surface area (Å²) < 4.78 is 21.1. The minimum absolute atomic E-state index is 0.135. The average molecular weight is 483 g/mol. The molecule has 192 valence electrons. The Bertz CT molecular complexity index is 780. The Balaban J connectivity index is 2.05. The Morgan fingerprint density at radius 1 is 0.706 bits per heavy atom. The van der Waals surface area contributed by atoms with Gasteiger partial charge in [0.15, 0.2) is 0 Å². The van der Waals surface area contributed by atoms with Crippen LogP contribution in [0.4, 0.5) is 9.59 Å². The number of ether oxygens (including phenoxy) is 4. The molecule has 0 radical (unpaired) electrons. The second kappa shape index (κ2) is 8.30. The number of carboxylic acids is 2. The summed E-state index contributed by atoms with van der Waals surface area (Å²) in [6.45, 7) is 8.48. The Labute approximate surface area is 199 Å². The quantitative estimate of drug-likeness (QED) is 0.510. The molecule has 10 heteroatoms. The molecule has 0 aromatic heterocycles. The van der Waals surface area contributed by atoms with Gasteiger partial charge in [-0.25, -0.2) is 9.59 Å². The molecule has 10 nitrogen and oxygen atoms in total. The van der Waals surface area contributed by atoms with E-state index < -0.39 is 64.9 Å². The number of carbonyl (C=O) groups excluding carboxylic acids is 4. The van der Waals surface area contributed by atoms with Crippen molar-refractivity contribution in [2.24, 2.45) is 28.1 Å². The highest BCUT2D eigenvalue weighted by atomic mass is 16.7. The molecule has 0 atom stereocenters. The van der Waals surface area contributed by atoms with Gasteiger partial charge in [0.2, 0.25) is 0 Å². The van der Waals surface area contributed by atoms with Crippen LogP contribution in [0, 0.1) is 28.1 Å². The molecule has 4 rings (SSSR count). The van der Waals surface area contributed by atoms with Crippen molar-refractivity contribution in [3.8, 4) is 0 Å². The lowest BCUT2D eigenvalue weighted by molar-refractivity contribution is -0.372. The predicted molar refractivity (Wildman–Crippen MR) is 112 cm³/mol. The minimum atomic E-state index is -1.82. The summed E-state index contributed by atoms with van der Waals surface area (Å²) in [6, 6.07) is 0. The van der Waals surface area contributed by atoms with Crippen LogP contribution in [0.15, 0.2) is 0 Å². The van der Waals surface area contributed by atoms with E-state index in [1.54, 1.807) is 41.5 Å². The SMILES string of the molecule is CC(C)(C)OC(=O)OCC1(COC(=O)OC(C)(C)C)C2(C(=O)[O-])CC3CC(C2)CC1(C(=O)[O-])C3. The van der Waals surface area contributed by atoms with E-state index in [2.05, 4.69) is 0 Å². The van der Waals surface area contributed by atoms with Gasteiger partial charge in [0.1, 0.15) is 24.4 Å². The number of aliphatic carboxylic acids is 2. The second-order valence-corrected chi connectivity index (χ2v) is 12.1. The highest BCUT2D eigenvalue weighted by molar-refractivity contribution is 5.82. The minimum Gasteiger partial charge on any atom is -0.550 e. The fourth-order valence-corrected chi connectivity index (χ4v) is 6.57. The van der Waals surface area contributed by atoms with Crippen molar-refractivity contribution in [3.05, 3.63) is 0 Å². The van der Waals surface area contributed by atoms with Gasteiger partial charge in [0.25, 0.3) is 0 Å². The molecule has 0 saturated heterocycles. The fourth-order valence-electron chi connectivity index (χ4n) is 6.57. The van der Waals surface area contributed by atoms with Crippen LogP contribution >= 0.6 is 0 Å². The lowest BCUT2D eigenvalue weighted by Crippen LogP contribution is -2.76. The zero-order valence-electron chi connectivity index (χ0n) is 20.7. The average Bonchev–Trinajstić information content (AvgIpc) is 2.63. The van der Waals surface area contributed by atoms with E-state index >= 15 is 0 Å². The summed E-state index contributed by atoms with van der Waals surface area (Å²) in [5.41, 5.74) is -6.99. The molecule has 0 spiro atoms. The largest absolute Gasteiger partial charge is 0.550 e. The molecule has 0 N–H and O–H groups in total. The maximum absolute atomic E-state index is 12.7. The third-order valence-electron chi connectivity index (χ3n) is 7.48. The first kappa shape index (κ1) is 26.1. The molecule has 0 heterocycles. The molecule has 0 aliphatic heterocycles. The Hall–Kier alpha value is -2.52. The lowest BCUT2D eigenvalue weighted by Gasteiger charge is -2.72. The van der Waals surface area contributed by atoms with Crippen molar-refractivity contribution in [1.82, 2.24) is 0 Å². The third kappa shape index (κ3) is 4.43. The van der Waals surface area contributed by atoms with Crippen LogP contribution in [0.2, 0.25) is 0 Å². The topological polar surface area (TPSA) is 151 Å². The van der Waals surface area contributed by atoms with E-state index in [4.69, 9.17) is 18.9 Å². The van der Waals surface area contributed by atoms with Gasteiger partial charge in [-0.1, -0.05) is 0 Å². The van der Waals surface area contributed by atoms with Crippen LogP contribution in [0.1, 0.15) is 73.6 Å². The van der Waals surface area contributed by atoms with Gasteiger partial charge < -0.3 is 38.7 Å². The number of carbonyl (C=O) groups is 4. The van der Waals surface area contributed by atoms with Gasteiger partial charge in [-0.05, 0) is 85.5 Å². The second-order valence-electron chi connectivity index (χ2n) is 12.1. The van der Waals surface area contributed by atoms with Crippen LogP contribution in [-0.4, -0.2) is 48.7 Å². The van der Waals surface area contributed by atoms with Crippen molar-refractivity contribution in [1.29, 1.82) is 0 Å². The first-order chi connectivity index (χ1) is 15.5. The zero-order valence-corrected chi connectivity index (χ0v) is 20.7.